The number of nitrogens with one attached hydrogen (secondary N) is 1. The molecule has 0 saturated heterocycles. The molecular formula is C19H18N2O4S. The topological polar surface area (TPSA) is 99.5 Å². The highest BCUT2D eigenvalue weighted by Crippen LogP contribution is 2.28. The van der Waals surface area contributed by atoms with Crippen LogP contribution in [0.1, 0.15) is 11.4 Å². The molecule has 1 unspecified atom stereocenters. The Morgan fingerprint density at radius 3 is 2.58 bits per heavy atom. The number of aliphatic hydroxyl groups excluding tert-OH is 1. The van der Waals surface area contributed by atoms with Gasteiger partial charge in [-0.25, -0.2) is 9.78 Å². The Bertz CT molecular complexity index is 924. The SMILES string of the molecule is O=C(Cc1nc2ccc(-c3ccccc3)cc2s1)NC(CCO)C(=O)O. The molecule has 26 heavy (non-hydrogen) atoms. The standard InChI is InChI=1S/C19H18N2O4S/c22-9-8-15(19(24)25)20-17(23)11-18-21-14-7-6-13(10-16(14)26-18)12-4-2-1-3-5-12/h1-7,10,15,22H,8-9,11H2,(H,20,23)(H,24,25). The number of hydrogen-bond donors (Lipinski definition) is 3. The Morgan fingerprint density at radius 1 is 1.12 bits per heavy atom. The van der Waals surface area contributed by atoms with Gasteiger partial charge in [-0.15, -0.1) is 11.3 Å². The molecule has 3 aromatic rings. The van der Waals surface area contributed by atoms with Crippen molar-refractivity contribution in [3.8, 4) is 11.1 Å². The van der Waals surface area contributed by atoms with Crippen molar-refractivity contribution >= 4 is 33.4 Å². The molecule has 0 bridgehead atoms. The summed E-state index contributed by atoms with van der Waals surface area (Å²) in [6, 6.07) is 14.8. The number of aliphatic hydroxyl groups is 1. The Morgan fingerprint density at radius 2 is 1.88 bits per heavy atom. The zero-order valence-corrected chi connectivity index (χ0v) is 14.7. The van der Waals surface area contributed by atoms with E-state index >= 15 is 0 Å². The second-order valence-corrected chi connectivity index (χ2v) is 6.92. The Balaban J connectivity index is 1.75. The van der Waals surface area contributed by atoms with Gasteiger partial charge in [-0.05, 0) is 23.3 Å². The highest BCUT2D eigenvalue weighted by atomic mass is 32.1. The van der Waals surface area contributed by atoms with Crippen molar-refractivity contribution in [3.63, 3.8) is 0 Å². The van der Waals surface area contributed by atoms with Gasteiger partial charge in [0.2, 0.25) is 5.91 Å². The number of carboxylic acid groups (broad SMARTS) is 1. The van der Waals surface area contributed by atoms with Crippen molar-refractivity contribution < 1.29 is 19.8 Å². The van der Waals surface area contributed by atoms with Crippen LogP contribution in [-0.2, 0) is 16.0 Å². The molecule has 3 rings (SSSR count). The van der Waals surface area contributed by atoms with Gasteiger partial charge >= 0.3 is 5.97 Å². The highest BCUT2D eigenvalue weighted by molar-refractivity contribution is 7.18. The summed E-state index contributed by atoms with van der Waals surface area (Å²) in [4.78, 5) is 27.6. The summed E-state index contributed by atoms with van der Waals surface area (Å²) < 4.78 is 0.972. The fourth-order valence-electron chi connectivity index (χ4n) is 2.63. The van der Waals surface area contributed by atoms with Gasteiger partial charge in [-0.3, -0.25) is 4.79 Å². The Hall–Kier alpha value is -2.77. The van der Waals surface area contributed by atoms with Crippen LogP contribution in [0.25, 0.3) is 21.3 Å². The number of amides is 1. The van der Waals surface area contributed by atoms with Crippen molar-refractivity contribution in [2.75, 3.05) is 6.61 Å². The van der Waals surface area contributed by atoms with E-state index in [0.29, 0.717) is 5.01 Å². The van der Waals surface area contributed by atoms with Gasteiger partial charge in [0.05, 0.1) is 16.6 Å². The van der Waals surface area contributed by atoms with Crippen LogP contribution in [0.3, 0.4) is 0 Å². The minimum atomic E-state index is -1.16. The van der Waals surface area contributed by atoms with Crippen LogP contribution in [0.2, 0.25) is 0 Å². The maximum Gasteiger partial charge on any atom is 0.326 e. The molecule has 1 heterocycles. The number of hydrogen-bond acceptors (Lipinski definition) is 5. The molecule has 0 aliphatic rings. The lowest BCUT2D eigenvalue weighted by molar-refractivity contribution is -0.142. The van der Waals surface area contributed by atoms with Crippen LogP contribution in [0.15, 0.2) is 48.5 Å². The first-order valence-electron chi connectivity index (χ1n) is 8.14. The highest BCUT2D eigenvalue weighted by Gasteiger charge is 2.20. The van der Waals surface area contributed by atoms with E-state index < -0.39 is 17.9 Å². The van der Waals surface area contributed by atoms with Gasteiger partial charge in [0, 0.05) is 13.0 Å². The van der Waals surface area contributed by atoms with E-state index in [2.05, 4.69) is 10.3 Å². The number of carbonyl (C=O) groups is 2. The van der Waals surface area contributed by atoms with E-state index in [-0.39, 0.29) is 19.4 Å². The molecule has 0 fully saturated rings. The molecule has 2 aromatic carbocycles. The van der Waals surface area contributed by atoms with Gasteiger partial charge in [-0.1, -0.05) is 36.4 Å². The van der Waals surface area contributed by atoms with Crippen molar-refractivity contribution in [2.45, 2.75) is 18.9 Å². The van der Waals surface area contributed by atoms with E-state index in [4.69, 9.17) is 10.2 Å². The molecule has 1 aromatic heterocycles. The summed E-state index contributed by atoms with van der Waals surface area (Å²) in [5.74, 6) is -1.59. The number of benzene rings is 2. The average molecular weight is 370 g/mol. The molecule has 6 nitrogen and oxygen atoms in total. The number of thiazole rings is 1. The second kappa shape index (κ2) is 8.07. The summed E-state index contributed by atoms with van der Waals surface area (Å²) in [5.41, 5.74) is 2.99. The zero-order chi connectivity index (χ0) is 18.5. The molecule has 134 valence electrons. The number of fused-ring (bicyclic) bond motifs is 1. The first kappa shape index (κ1) is 18.0. The molecular weight excluding hydrogens is 352 g/mol. The lowest BCUT2D eigenvalue weighted by Gasteiger charge is -2.12. The fourth-order valence-corrected chi connectivity index (χ4v) is 3.63. The quantitative estimate of drug-likeness (QED) is 0.593. The normalized spacial score (nSPS) is 12.0. The van der Waals surface area contributed by atoms with Crippen LogP contribution in [-0.4, -0.2) is 39.7 Å². The lowest BCUT2D eigenvalue weighted by atomic mass is 10.1. The third-order valence-electron chi connectivity index (χ3n) is 3.90. The van der Waals surface area contributed by atoms with Gasteiger partial charge in [0.15, 0.2) is 0 Å². The predicted molar refractivity (Wildman–Crippen MR) is 100 cm³/mol. The molecule has 3 N–H and O–H groups in total. The number of carboxylic acids is 1. The van der Waals surface area contributed by atoms with Crippen molar-refractivity contribution in [2.24, 2.45) is 0 Å². The Kier molecular flexibility index (Phi) is 5.60. The molecule has 1 amide bonds. The zero-order valence-electron chi connectivity index (χ0n) is 13.9. The summed E-state index contributed by atoms with van der Waals surface area (Å²) in [6.45, 7) is -0.305. The van der Waals surface area contributed by atoms with Gasteiger partial charge < -0.3 is 15.5 Å². The van der Waals surface area contributed by atoms with E-state index in [9.17, 15) is 9.59 Å². The van der Waals surface area contributed by atoms with E-state index in [0.717, 1.165) is 21.3 Å². The summed E-state index contributed by atoms with van der Waals surface area (Å²) in [5, 5.41) is 20.9. The maximum atomic E-state index is 12.1. The van der Waals surface area contributed by atoms with Crippen molar-refractivity contribution in [1.82, 2.24) is 10.3 Å². The number of aromatic nitrogens is 1. The number of rotatable bonds is 7. The third-order valence-corrected chi connectivity index (χ3v) is 4.92. The fraction of sp³-hybridized carbons (Fsp3) is 0.211. The number of nitrogens with zero attached hydrogens (tertiary/aromatic N) is 1. The van der Waals surface area contributed by atoms with Gasteiger partial charge in [0.25, 0.3) is 0 Å². The van der Waals surface area contributed by atoms with Crippen molar-refractivity contribution in [1.29, 1.82) is 0 Å². The minimum Gasteiger partial charge on any atom is -0.480 e. The van der Waals surface area contributed by atoms with Crippen LogP contribution < -0.4 is 5.32 Å². The van der Waals surface area contributed by atoms with Crippen molar-refractivity contribution in [3.05, 3.63) is 53.5 Å². The summed E-state index contributed by atoms with van der Waals surface area (Å²) >= 11 is 1.41. The number of carbonyl (C=O) groups excluding carboxylic acids is 1. The molecule has 1 atom stereocenters. The van der Waals surface area contributed by atoms with Crippen LogP contribution in [0.4, 0.5) is 0 Å². The third kappa shape index (κ3) is 4.25. The second-order valence-electron chi connectivity index (χ2n) is 5.80. The Labute approximate surface area is 154 Å². The smallest absolute Gasteiger partial charge is 0.326 e. The summed E-state index contributed by atoms with van der Waals surface area (Å²) in [7, 11) is 0. The average Bonchev–Trinajstić information content (AvgIpc) is 3.03. The summed E-state index contributed by atoms with van der Waals surface area (Å²) in [6.07, 6.45) is -0.0173. The molecule has 0 radical (unpaired) electrons. The minimum absolute atomic E-state index is 0.00915. The maximum absolute atomic E-state index is 12.1. The van der Waals surface area contributed by atoms with E-state index in [1.54, 1.807) is 0 Å². The lowest BCUT2D eigenvalue weighted by Crippen LogP contribution is -2.42. The number of aliphatic carboxylic acids is 1. The van der Waals surface area contributed by atoms with E-state index in [1.807, 2.05) is 48.5 Å². The molecule has 7 heteroatoms. The van der Waals surface area contributed by atoms with Gasteiger partial charge in [0.1, 0.15) is 11.0 Å². The first-order valence-corrected chi connectivity index (χ1v) is 8.96. The largest absolute Gasteiger partial charge is 0.480 e. The molecule has 0 aliphatic carbocycles. The first-order chi connectivity index (χ1) is 12.6. The van der Waals surface area contributed by atoms with Crippen LogP contribution in [0, 0.1) is 0 Å². The monoisotopic (exact) mass is 370 g/mol. The van der Waals surface area contributed by atoms with Crippen LogP contribution in [0.5, 0.6) is 0 Å². The molecule has 0 spiro atoms. The van der Waals surface area contributed by atoms with Gasteiger partial charge in [-0.2, -0.15) is 0 Å². The van der Waals surface area contributed by atoms with E-state index in [1.165, 1.54) is 11.3 Å². The predicted octanol–water partition coefficient (Wildman–Crippen LogP) is 2.46. The molecule has 0 aliphatic heterocycles. The van der Waals surface area contributed by atoms with Crippen LogP contribution >= 0.6 is 11.3 Å². The molecule has 0 saturated carbocycles.